The van der Waals surface area contributed by atoms with Crippen LogP contribution < -0.4 is 4.90 Å². The van der Waals surface area contributed by atoms with Crippen LogP contribution in [0.1, 0.15) is 11.1 Å². The molecule has 0 N–H and O–H groups in total. The van der Waals surface area contributed by atoms with Crippen molar-refractivity contribution in [3.8, 4) is 0 Å². The zero-order valence-corrected chi connectivity index (χ0v) is 12.1. The third kappa shape index (κ3) is 2.89. The first kappa shape index (κ1) is 13.2. The highest BCUT2D eigenvalue weighted by Gasteiger charge is 2.15. The van der Waals surface area contributed by atoms with E-state index in [9.17, 15) is 0 Å². The van der Waals surface area contributed by atoms with Crippen LogP contribution in [0.3, 0.4) is 0 Å². The molecule has 3 rings (SSSR count). The molecule has 0 spiro atoms. The highest BCUT2D eigenvalue weighted by atomic mass is 15.3. The molecule has 4 nitrogen and oxygen atoms in total. The number of rotatable bonds is 3. The summed E-state index contributed by atoms with van der Waals surface area (Å²) >= 11 is 0. The van der Waals surface area contributed by atoms with E-state index in [1.807, 2.05) is 73.6 Å². The van der Waals surface area contributed by atoms with E-state index in [1.165, 1.54) is 0 Å². The second-order valence-corrected chi connectivity index (χ2v) is 4.91. The molecule has 0 saturated heterocycles. The molecule has 0 aliphatic heterocycles. The van der Waals surface area contributed by atoms with Gasteiger partial charge >= 0.3 is 0 Å². The molecular weight excluding hydrogens is 260 g/mol. The Kier molecular flexibility index (Phi) is 3.60. The molecular formula is C17H16N4. The Morgan fingerprint density at radius 2 is 1.24 bits per heavy atom. The molecule has 0 aliphatic carbocycles. The Balaban J connectivity index is 2.11. The molecule has 0 bridgehead atoms. The second-order valence-electron chi connectivity index (χ2n) is 4.91. The van der Waals surface area contributed by atoms with Crippen molar-refractivity contribution >= 4 is 17.5 Å². The van der Waals surface area contributed by atoms with E-state index in [0.717, 1.165) is 28.6 Å². The van der Waals surface area contributed by atoms with Crippen molar-refractivity contribution in [2.24, 2.45) is 0 Å². The molecule has 4 heteroatoms. The van der Waals surface area contributed by atoms with E-state index in [4.69, 9.17) is 0 Å². The van der Waals surface area contributed by atoms with Crippen molar-refractivity contribution in [2.45, 2.75) is 13.8 Å². The van der Waals surface area contributed by atoms with Crippen LogP contribution in [0.25, 0.3) is 0 Å². The van der Waals surface area contributed by atoms with Crippen molar-refractivity contribution in [3.05, 3.63) is 72.2 Å². The van der Waals surface area contributed by atoms with Gasteiger partial charge in [-0.1, -0.05) is 18.2 Å². The quantitative estimate of drug-likeness (QED) is 0.726. The lowest BCUT2D eigenvalue weighted by atomic mass is 10.3. The number of pyridine rings is 3. The third-order valence-electron chi connectivity index (χ3n) is 3.13. The van der Waals surface area contributed by atoms with Crippen LogP contribution in [-0.2, 0) is 0 Å². The SMILES string of the molecule is Cc1ccc(N(c2ccccn2)c2ccc(C)cn2)nc1. The van der Waals surface area contributed by atoms with Crippen LogP contribution in [0, 0.1) is 13.8 Å². The van der Waals surface area contributed by atoms with Crippen LogP contribution >= 0.6 is 0 Å². The molecule has 0 unspecified atom stereocenters. The van der Waals surface area contributed by atoms with Crippen molar-refractivity contribution in [2.75, 3.05) is 4.90 Å². The van der Waals surface area contributed by atoms with E-state index >= 15 is 0 Å². The Bertz CT molecular complexity index is 661. The first-order valence-corrected chi connectivity index (χ1v) is 6.80. The summed E-state index contributed by atoms with van der Waals surface area (Å²) in [4.78, 5) is 15.4. The zero-order chi connectivity index (χ0) is 14.7. The fourth-order valence-corrected chi connectivity index (χ4v) is 2.02. The zero-order valence-electron chi connectivity index (χ0n) is 12.1. The maximum atomic E-state index is 4.50. The standard InChI is InChI=1S/C17H16N4/c1-13-6-8-16(19-11-13)21(15-5-3-4-10-18-15)17-9-7-14(2)12-20-17/h3-12H,1-2H3. The number of hydrogen-bond acceptors (Lipinski definition) is 4. The Hall–Kier alpha value is -2.75. The molecule has 0 radical (unpaired) electrons. The van der Waals surface area contributed by atoms with E-state index in [1.54, 1.807) is 6.20 Å². The lowest BCUT2D eigenvalue weighted by Crippen LogP contribution is -2.14. The number of hydrogen-bond donors (Lipinski definition) is 0. The number of aryl methyl sites for hydroxylation is 2. The minimum absolute atomic E-state index is 0.796. The van der Waals surface area contributed by atoms with Gasteiger partial charge in [0.15, 0.2) is 0 Å². The smallest absolute Gasteiger partial charge is 0.139 e. The van der Waals surface area contributed by atoms with Crippen molar-refractivity contribution in [1.29, 1.82) is 0 Å². The highest BCUT2D eigenvalue weighted by Crippen LogP contribution is 2.29. The lowest BCUT2D eigenvalue weighted by Gasteiger charge is -2.21. The molecule has 0 saturated carbocycles. The molecule has 0 atom stereocenters. The summed E-state index contributed by atoms with van der Waals surface area (Å²) < 4.78 is 0. The predicted octanol–water partition coefficient (Wildman–Crippen LogP) is 3.96. The van der Waals surface area contributed by atoms with Gasteiger partial charge in [0.1, 0.15) is 17.5 Å². The fourth-order valence-electron chi connectivity index (χ4n) is 2.02. The summed E-state index contributed by atoms with van der Waals surface area (Å²) in [5.41, 5.74) is 2.24. The van der Waals surface area contributed by atoms with Crippen LogP contribution in [0.4, 0.5) is 17.5 Å². The van der Waals surface area contributed by atoms with Crippen LogP contribution in [-0.4, -0.2) is 15.0 Å². The molecule has 104 valence electrons. The first-order chi connectivity index (χ1) is 10.2. The summed E-state index contributed by atoms with van der Waals surface area (Å²) in [7, 11) is 0. The lowest BCUT2D eigenvalue weighted by molar-refractivity contribution is 1.07. The first-order valence-electron chi connectivity index (χ1n) is 6.80. The number of aromatic nitrogens is 3. The van der Waals surface area contributed by atoms with Gasteiger partial charge < -0.3 is 0 Å². The maximum Gasteiger partial charge on any atom is 0.139 e. The topological polar surface area (TPSA) is 41.9 Å². The molecule has 21 heavy (non-hydrogen) atoms. The van der Waals surface area contributed by atoms with Crippen molar-refractivity contribution < 1.29 is 0 Å². The fraction of sp³-hybridized carbons (Fsp3) is 0.118. The van der Waals surface area contributed by atoms with Gasteiger partial charge in [-0.2, -0.15) is 0 Å². The van der Waals surface area contributed by atoms with Gasteiger partial charge in [0.2, 0.25) is 0 Å². The summed E-state index contributed by atoms with van der Waals surface area (Å²) in [5, 5.41) is 0. The summed E-state index contributed by atoms with van der Waals surface area (Å²) in [6.07, 6.45) is 5.46. The maximum absolute atomic E-state index is 4.50. The molecule has 3 heterocycles. The summed E-state index contributed by atoms with van der Waals surface area (Å²) in [5.74, 6) is 2.40. The van der Waals surface area contributed by atoms with Crippen LogP contribution in [0.5, 0.6) is 0 Å². The van der Waals surface area contributed by atoms with Gasteiger partial charge in [-0.05, 0) is 49.2 Å². The second kappa shape index (κ2) is 5.71. The van der Waals surface area contributed by atoms with Gasteiger partial charge in [0, 0.05) is 18.6 Å². The molecule has 3 aromatic heterocycles. The van der Waals surface area contributed by atoms with E-state index in [-0.39, 0.29) is 0 Å². The molecule has 3 aromatic rings. The van der Waals surface area contributed by atoms with Crippen LogP contribution in [0.2, 0.25) is 0 Å². The molecule has 0 amide bonds. The molecule has 0 aliphatic rings. The average Bonchev–Trinajstić information content (AvgIpc) is 2.52. The third-order valence-corrected chi connectivity index (χ3v) is 3.13. The summed E-state index contributed by atoms with van der Waals surface area (Å²) in [6.45, 7) is 4.04. The van der Waals surface area contributed by atoms with Gasteiger partial charge in [-0.3, -0.25) is 4.90 Å². The number of anilines is 3. The molecule has 0 fully saturated rings. The van der Waals surface area contributed by atoms with Crippen LogP contribution in [0.15, 0.2) is 61.1 Å². The minimum atomic E-state index is 0.796. The van der Waals surface area contributed by atoms with Gasteiger partial charge in [0.25, 0.3) is 0 Å². The monoisotopic (exact) mass is 276 g/mol. The Morgan fingerprint density at radius 1 is 0.667 bits per heavy atom. The van der Waals surface area contributed by atoms with Crippen molar-refractivity contribution in [1.82, 2.24) is 15.0 Å². The van der Waals surface area contributed by atoms with Gasteiger partial charge in [-0.15, -0.1) is 0 Å². The van der Waals surface area contributed by atoms with E-state index < -0.39 is 0 Å². The highest BCUT2D eigenvalue weighted by molar-refractivity contribution is 5.69. The van der Waals surface area contributed by atoms with Gasteiger partial charge in [-0.25, -0.2) is 15.0 Å². The summed E-state index contributed by atoms with van der Waals surface area (Å²) in [6, 6.07) is 13.8. The van der Waals surface area contributed by atoms with Gasteiger partial charge in [0.05, 0.1) is 0 Å². The Labute approximate surface area is 124 Å². The van der Waals surface area contributed by atoms with Crippen molar-refractivity contribution in [3.63, 3.8) is 0 Å². The normalized spacial score (nSPS) is 10.4. The average molecular weight is 276 g/mol. The van der Waals surface area contributed by atoms with E-state index in [2.05, 4.69) is 15.0 Å². The predicted molar refractivity (Wildman–Crippen MR) is 84.0 cm³/mol. The number of nitrogens with zero attached hydrogens (tertiary/aromatic N) is 4. The largest absolute Gasteiger partial charge is 0.262 e. The van der Waals surface area contributed by atoms with E-state index in [0.29, 0.717) is 0 Å². The minimum Gasteiger partial charge on any atom is -0.262 e. The Morgan fingerprint density at radius 3 is 1.67 bits per heavy atom. The molecule has 0 aromatic carbocycles.